The monoisotopic (exact) mass is 477 g/mol. The van der Waals surface area contributed by atoms with E-state index in [2.05, 4.69) is 0 Å². The average Bonchev–Trinajstić information content (AvgIpc) is 3.30. The highest BCUT2D eigenvalue weighted by atomic mass is 16.7. The average molecular weight is 478 g/mol. The molecule has 8 heteroatoms. The second kappa shape index (κ2) is 12.2. The summed E-state index contributed by atoms with van der Waals surface area (Å²) in [5.74, 6) is 0.983. The first-order chi connectivity index (χ1) is 16.0. The number of hydrogen-bond acceptors (Lipinski definition) is 7. The van der Waals surface area contributed by atoms with Gasteiger partial charge in [-0.1, -0.05) is 40.0 Å². The van der Waals surface area contributed by atoms with Crippen molar-refractivity contribution in [3.05, 3.63) is 23.8 Å². The highest BCUT2D eigenvalue weighted by Gasteiger charge is 2.35. The van der Waals surface area contributed by atoms with Gasteiger partial charge in [-0.15, -0.1) is 0 Å². The molecule has 190 valence electrons. The molecular weight excluding hydrogens is 438 g/mol. The maximum absolute atomic E-state index is 12.8. The van der Waals surface area contributed by atoms with Crippen LogP contribution in [-0.4, -0.2) is 63.3 Å². The number of nitrogens with zero attached hydrogens (tertiary/aromatic N) is 1. The third kappa shape index (κ3) is 7.72. The van der Waals surface area contributed by atoms with E-state index in [1.807, 2.05) is 20.8 Å². The topological polar surface area (TPSA) is 91.4 Å². The van der Waals surface area contributed by atoms with E-state index in [-0.39, 0.29) is 23.4 Å². The molecule has 34 heavy (non-hydrogen) atoms. The highest BCUT2D eigenvalue weighted by molar-refractivity contribution is 6.01. The predicted octanol–water partition coefficient (Wildman–Crippen LogP) is 4.88. The van der Waals surface area contributed by atoms with Crippen LogP contribution in [0.5, 0.6) is 11.5 Å². The Morgan fingerprint density at radius 1 is 1.12 bits per heavy atom. The van der Waals surface area contributed by atoms with Crippen LogP contribution in [0.15, 0.2) is 18.2 Å². The van der Waals surface area contributed by atoms with Crippen molar-refractivity contribution >= 4 is 18.2 Å². The van der Waals surface area contributed by atoms with Gasteiger partial charge in [0.2, 0.25) is 6.79 Å². The standard InChI is InChI=1S/C21H29NO6.C5H10O/c1-15(19(23)16-7-8-17-18(11-16)28-14-27-17)22(2)20(24)26-13-21(12-25-3)9-5-4-6-10-21;1-5(2,3)4-6/h7-8,11,15H,4-6,9-10,12-14H2,1-3H3;4H,1-3H3. The number of ketones is 1. The SMILES string of the molecule is CC(C)(C)C=O.COCC1(COC(=O)N(C)C(C)C(=O)c2ccc3c(c2)OCO3)CCCCC1. The van der Waals surface area contributed by atoms with Crippen LogP contribution < -0.4 is 9.47 Å². The minimum absolute atomic E-state index is 0.117. The minimum atomic E-state index is -0.655. The Kier molecular flexibility index (Phi) is 9.91. The fraction of sp³-hybridized carbons (Fsp3) is 0.654. The first-order valence-corrected chi connectivity index (χ1v) is 11.8. The number of ether oxygens (including phenoxy) is 4. The van der Waals surface area contributed by atoms with Crippen molar-refractivity contribution in [2.24, 2.45) is 10.8 Å². The summed E-state index contributed by atoms with van der Waals surface area (Å²) in [6.07, 6.45) is 5.87. The molecule has 1 fully saturated rings. The van der Waals surface area contributed by atoms with E-state index in [4.69, 9.17) is 18.9 Å². The highest BCUT2D eigenvalue weighted by Crippen LogP contribution is 2.37. The van der Waals surface area contributed by atoms with Gasteiger partial charge >= 0.3 is 6.09 Å². The van der Waals surface area contributed by atoms with Crippen LogP contribution in [0.2, 0.25) is 0 Å². The zero-order valence-electron chi connectivity index (χ0n) is 21.3. The number of aldehydes is 1. The van der Waals surface area contributed by atoms with Gasteiger partial charge in [-0.25, -0.2) is 4.79 Å². The van der Waals surface area contributed by atoms with Crippen LogP contribution in [0, 0.1) is 10.8 Å². The Balaban J connectivity index is 0.000000604. The Morgan fingerprint density at radius 3 is 2.32 bits per heavy atom. The number of Topliss-reactive ketones (excluding diaryl/α,β-unsaturated/α-hetero) is 1. The molecule has 1 aromatic carbocycles. The summed E-state index contributed by atoms with van der Waals surface area (Å²) in [5.41, 5.74) is 0.216. The smallest absolute Gasteiger partial charge is 0.410 e. The second-order valence-electron chi connectivity index (χ2n) is 10.3. The van der Waals surface area contributed by atoms with Crippen molar-refractivity contribution in [2.45, 2.75) is 65.8 Å². The molecule has 1 heterocycles. The fourth-order valence-electron chi connectivity index (χ4n) is 3.88. The molecule has 0 spiro atoms. The van der Waals surface area contributed by atoms with Crippen molar-refractivity contribution in [1.29, 1.82) is 0 Å². The van der Waals surface area contributed by atoms with Gasteiger partial charge in [0.25, 0.3) is 0 Å². The molecule has 1 atom stereocenters. The molecule has 0 saturated heterocycles. The summed E-state index contributed by atoms with van der Waals surface area (Å²) in [5, 5.41) is 0. The number of likely N-dealkylation sites (N-methyl/N-ethyl adjacent to an activating group) is 1. The molecule has 0 bridgehead atoms. The zero-order valence-corrected chi connectivity index (χ0v) is 21.3. The Labute approximate surface area is 202 Å². The van der Waals surface area contributed by atoms with Crippen LogP contribution in [0.25, 0.3) is 0 Å². The number of methoxy groups -OCH3 is 1. The molecule has 1 amide bonds. The summed E-state index contributed by atoms with van der Waals surface area (Å²) in [6.45, 7) is 8.36. The largest absolute Gasteiger partial charge is 0.454 e. The molecular formula is C26H39NO7. The molecule has 1 aliphatic carbocycles. The third-order valence-corrected chi connectivity index (χ3v) is 6.13. The van der Waals surface area contributed by atoms with Gasteiger partial charge in [0.1, 0.15) is 12.9 Å². The number of rotatable bonds is 7. The summed E-state index contributed by atoms with van der Waals surface area (Å²) in [4.78, 5) is 36.5. The van der Waals surface area contributed by atoms with Crippen LogP contribution in [-0.2, 0) is 14.3 Å². The second-order valence-corrected chi connectivity index (χ2v) is 10.3. The summed E-state index contributed by atoms with van der Waals surface area (Å²) in [6, 6.07) is 4.38. The van der Waals surface area contributed by atoms with E-state index in [0.29, 0.717) is 30.3 Å². The molecule has 0 aromatic heterocycles. The molecule has 2 aliphatic rings. The van der Waals surface area contributed by atoms with Crippen molar-refractivity contribution in [3.63, 3.8) is 0 Å². The van der Waals surface area contributed by atoms with Gasteiger partial charge < -0.3 is 28.6 Å². The summed E-state index contributed by atoms with van der Waals surface area (Å²) in [7, 11) is 3.26. The first-order valence-electron chi connectivity index (χ1n) is 11.8. The zero-order chi connectivity index (χ0) is 25.4. The Morgan fingerprint density at radius 2 is 1.74 bits per heavy atom. The van der Waals surface area contributed by atoms with Crippen LogP contribution >= 0.6 is 0 Å². The molecule has 8 nitrogen and oxygen atoms in total. The van der Waals surface area contributed by atoms with Crippen molar-refractivity contribution in [1.82, 2.24) is 4.90 Å². The maximum atomic E-state index is 12.8. The van der Waals surface area contributed by atoms with E-state index in [1.54, 1.807) is 39.3 Å². The van der Waals surface area contributed by atoms with Gasteiger partial charge in [-0.3, -0.25) is 4.79 Å². The Bertz CT molecular complexity index is 835. The quantitative estimate of drug-likeness (QED) is 0.408. The predicted molar refractivity (Wildman–Crippen MR) is 128 cm³/mol. The van der Waals surface area contributed by atoms with Gasteiger partial charge in [0.15, 0.2) is 17.3 Å². The van der Waals surface area contributed by atoms with E-state index in [0.717, 1.165) is 32.0 Å². The van der Waals surface area contributed by atoms with Gasteiger partial charge in [-0.2, -0.15) is 0 Å². The number of carbonyl (C=O) groups excluding carboxylic acids is 3. The molecule has 1 aromatic rings. The molecule has 0 N–H and O–H groups in total. The van der Waals surface area contributed by atoms with Crippen molar-refractivity contribution in [3.8, 4) is 11.5 Å². The molecule has 3 rings (SSSR count). The summed E-state index contributed by atoms with van der Waals surface area (Å²) >= 11 is 0. The van der Waals surface area contributed by atoms with E-state index in [1.165, 1.54) is 11.3 Å². The lowest BCUT2D eigenvalue weighted by Crippen LogP contribution is -2.43. The normalized spacial score (nSPS) is 17.1. The summed E-state index contributed by atoms with van der Waals surface area (Å²) < 4.78 is 21.6. The fourth-order valence-corrected chi connectivity index (χ4v) is 3.88. The Hall–Kier alpha value is -2.61. The van der Waals surface area contributed by atoms with Crippen LogP contribution in [0.4, 0.5) is 4.79 Å². The van der Waals surface area contributed by atoms with E-state index >= 15 is 0 Å². The molecule has 1 unspecified atom stereocenters. The van der Waals surface area contributed by atoms with Crippen molar-refractivity contribution in [2.75, 3.05) is 34.2 Å². The van der Waals surface area contributed by atoms with Crippen molar-refractivity contribution < 1.29 is 33.3 Å². The third-order valence-electron chi connectivity index (χ3n) is 6.13. The van der Waals surface area contributed by atoms with Crippen LogP contribution in [0.3, 0.4) is 0 Å². The van der Waals surface area contributed by atoms with Gasteiger partial charge in [0.05, 0.1) is 12.6 Å². The number of carbonyl (C=O) groups is 3. The molecule has 1 aliphatic heterocycles. The molecule has 1 saturated carbocycles. The molecule has 0 radical (unpaired) electrons. The van der Waals surface area contributed by atoms with Gasteiger partial charge in [-0.05, 0) is 38.0 Å². The number of benzene rings is 1. The lowest BCUT2D eigenvalue weighted by atomic mass is 9.75. The number of hydrogen-bond donors (Lipinski definition) is 0. The van der Waals surface area contributed by atoms with Crippen LogP contribution in [0.1, 0.15) is 70.2 Å². The number of amides is 1. The lowest BCUT2D eigenvalue weighted by molar-refractivity contribution is -0.113. The first kappa shape index (κ1) is 27.6. The van der Waals surface area contributed by atoms with Gasteiger partial charge in [0, 0.05) is 30.6 Å². The van der Waals surface area contributed by atoms with E-state index < -0.39 is 12.1 Å². The minimum Gasteiger partial charge on any atom is -0.454 e. The maximum Gasteiger partial charge on any atom is 0.410 e. The van der Waals surface area contributed by atoms with E-state index in [9.17, 15) is 14.4 Å². The lowest BCUT2D eigenvalue weighted by Gasteiger charge is -2.36. The number of fused-ring (bicyclic) bond motifs is 1.